The highest BCUT2D eigenvalue weighted by Crippen LogP contribution is 2.46. The van der Waals surface area contributed by atoms with Gasteiger partial charge in [-0.05, 0) is 91.9 Å². The molecule has 2 atom stereocenters. The fraction of sp³-hybridized carbons (Fsp3) is 0.512. The molecule has 1 saturated heterocycles. The van der Waals surface area contributed by atoms with Gasteiger partial charge in [-0.2, -0.15) is 11.8 Å². The highest BCUT2D eigenvalue weighted by atomic mass is 32.2. The van der Waals surface area contributed by atoms with Crippen molar-refractivity contribution in [2.45, 2.75) is 106 Å². The van der Waals surface area contributed by atoms with Crippen molar-refractivity contribution in [2.75, 3.05) is 18.6 Å². The standard InChI is InChI=1S/C41H52N4O3S/c1-8-10-11-12-13-14-17-49-22-30-25(5)31-19-33-24(4)28(15-16-38(47)48-7)40(44-33)29-18-37(46)39-26(6)34(45-41(29)39)21-35-27(9-2)23(3)32(42-35)20-36(30)43-31/h19-21,24,28,44,46H,8-18,22H2,1-7H3/t24-,28-/m0/s1. The van der Waals surface area contributed by atoms with E-state index >= 15 is 0 Å². The fourth-order valence-corrected chi connectivity index (χ4v) is 9.00. The van der Waals surface area contributed by atoms with Gasteiger partial charge < -0.3 is 15.2 Å². The summed E-state index contributed by atoms with van der Waals surface area (Å²) in [7, 11) is 1.44. The van der Waals surface area contributed by atoms with Crippen LogP contribution in [-0.2, 0) is 9.53 Å². The number of hydrogen-bond acceptors (Lipinski definition) is 8. The summed E-state index contributed by atoms with van der Waals surface area (Å²) in [5, 5.41) is 15.1. The van der Waals surface area contributed by atoms with Gasteiger partial charge in [-0.15, -0.1) is 0 Å². The van der Waals surface area contributed by atoms with Crippen LogP contribution in [0.3, 0.4) is 0 Å². The number of carbonyl (C=O) groups excluding carboxylic acids is 1. The first-order valence-corrected chi connectivity index (χ1v) is 19.4. The van der Waals surface area contributed by atoms with E-state index in [1.165, 1.54) is 67.9 Å². The van der Waals surface area contributed by atoms with Crippen LogP contribution in [0, 0.1) is 11.8 Å². The Morgan fingerprint density at radius 3 is 2.37 bits per heavy atom. The molecule has 5 heterocycles. The van der Waals surface area contributed by atoms with Crippen LogP contribution in [0.4, 0.5) is 0 Å². The number of allylic oxidation sites excluding steroid dienone is 12. The Morgan fingerprint density at radius 2 is 1.63 bits per heavy atom. The van der Waals surface area contributed by atoms with Crippen LogP contribution in [0.5, 0.6) is 0 Å². The number of hydrogen-bond donors (Lipinski definition) is 2. The molecule has 0 spiro atoms. The molecule has 6 aliphatic rings. The van der Waals surface area contributed by atoms with Crippen LogP contribution >= 0.6 is 11.8 Å². The van der Waals surface area contributed by atoms with Crippen molar-refractivity contribution in [1.29, 1.82) is 0 Å². The van der Waals surface area contributed by atoms with E-state index in [0.717, 1.165) is 80.3 Å². The Labute approximate surface area is 296 Å². The smallest absolute Gasteiger partial charge is 0.305 e. The lowest BCUT2D eigenvalue weighted by Gasteiger charge is -2.17. The van der Waals surface area contributed by atoms with Crippen LogP contribution in [0.25, 0.3) is 0 Å². The van der Waals surface area contributed by atoms with Crippen molar-refractivity contribution < 1.29 is 14.6 Å². The van der Waals surface area contributed by atoms with Gasteiger partial charge in [-0.3, -0.25) is 4.79 Å². The summed E-state index contributed by atoms with van der Waals surface area (Å²) in [6.45, 7) is 13.1. The summed E-state index contributed by atoms with van der Waals surface area (Å²) in [5.74, 6) is 2.35. The molecule has 0 amide bonds. The molecule has 0 radical (unpaired) electrons. The molecular weight excluding hydrogens is 629 g/mol. The molecule has 6 rings (SSSR count). The largest absolute Gasteiger partial charge is 0.511 e. The summed E-state index contributed by atoms with van der Waals surface area (Å²) in [6.07, 6.45) is 16.6. The number of thioether (sulfide) groups is 1. The van der Waals surface area contributed by atoms with Gasteiger partial charge >= 0.3 is 5.97 Å². The summed E-state index contributed by atoms with van der Waals surface area (Å²) in [6, 6.07) is 0. The summed E-state index contributed by atoms with van der Waals surface area (Å²) >= 11 is 2.01. The normalized spacial score (nSPS) is 22.9. The number of rotatable bonds is 13. The first-order chi connectivity index (χ1) is 23.7. The maximum absolute atomic E-state index is 12.3. The topological polar surface area (TPSA) is 95.6 Å². The molecule has 260 valence electrons. The molecule has 7 nitrogen and oxygen atoms in total. The number of unbranched alkanes of at least 4 members (excludes halogenated alkanes) is 5. The van der Waals surface area contributed by atoms with E-state index < -0.39 is 0 Å². The van der Waals surface area contributed by atoms with Crippen LogP contribution in [-0.4, -0.2) is 46.8 Å². The lowest BCUT2D eigenvalue weighted by atomic mass is 9.86. The number of aliphatic hydroxyl groups excluding tert-OH is 1. The number of esters is 1. The minimum Gasteiger partial charge on any atom is -0.511 e. The van der Waals surface area contributed by atoms with Gasteiger partial charge in [0, 0.05) is 53.0 Å². The van der Waals surface area contributed by atoms with E-state index in [1.807, 2.05) is 18.7 Å². The first kappa shape index (κ1) is 35.2. The quantitative estimate of drug-likeness (QED) is 0.149. The van der Waals surface area contributed by atoms with Crippen molar-refractivity contribution >= 4 is 34.9 Å². The number of nitrogens with one attached hydrogen (secondary N) is 1. The Balaban J connectivity index is 1.43. The predicted molar refractivity (Wildman–Crippen MR) is 204 cm³/mol. The second kappa shape index (κ2) is 15.1. The van der Waals surface area contributed by atoms with Crippen LogP contribution in [0.15, 0.2) is 106 Å². The van der Waals surface area contributed by atoms with Crippen molar-refractivity contribution in [3.63, 3.8) is 0 Å². The third kappa shape index (κ3) is 6.90. The SMILES string of the molecule is CCCCCCCCSCC1=C(C)C2=NC1=CC1=NC(=CC3=C(C)C4=C(O)CC(=C5NC(=C2)[C@@H](C)[C@@H]5CCC(=O)OC)C4=N3)C(CC)=C1C. The fourth-order valence-electron chi connectivity index (χ4n) is 7.87. The molecule has 0 aromatic heterocycles. The van der Waals surface area contributed by atoms with E-state index in [1.54, 1.807) is 0 Å². The number of aliphatic imine (C=N–C) groups is 3. The highest BCUT2D eigenvalue weighted by Gasteiger charge is 2.41. The Kier molecular flexibility index (Phi) is 10.8. The molecule has 0 unspecified atom stereocenters. The molecular formula is C41H52N4O3S. The van der Waals surface area contributed by atoms with Gasteiger partial charge in [0.25, 0.3) is 0 Å². The number of carbonyl (C=O) groups is 1. The second-order valence-corrected chi connectivity index (χ2v) is 15.1. The van der Waals surface area contributed by atoms with E-state index in [-0.39, 0.29) is 17.8 Å². The molecule has 8 bridgehead atoms. The van der Waals surface area contributed by atoms with Crippen molar-refractivity contribution in [2.24, 2.45) is 26.8 Å². The van der Waals surface area contributed by atoms with Crippen molar-refractivity contribution in [1.82, 2.24) is 5.32 Å². The average molecular weight is 681 g/mol. The number of nitrogens with zero attached hydrogens (tertiary/aromatic N) is 3. The Morgan fingerprint density at radius 1 is 0.939 bits per heavy atom. The molecule has 1 aliphatic carbocycles. The van der Waals surface area contributed by atoms with E-state index in [0.29, 0.717) is 25.0 Å². The average Bonchev–Trinajstić information content (AvgIpc) is 3.84. The number of methoxy groups -OCH3 is 1. The van der Waals surface area contributed by atoms with Crippen molar-refractivity contribution in [3.8, 4) is 0 Å². The molecule has 0 saturated carbocycles. The summed E-state index contributed by atoms with van der Waals surface area (Å²) in [5.41, 5.74) is 15.3. The van der Waals surface area contributed by atoms with Gasteiger partial charge in [0.2, 0.25) is 0 Å². The minimum absolute atomic E-state index is 0.0427. The van der Waals surface area contributed by atoms with Crippen LogP contribution < -0.4 is 5.32 Å². The molecule has 0 aromatic rings. The maximum atomic E-state index is 12.3. The highest BCUT2D eigenvalue weighted by molar-refractivity contribution is 7.99. The van der Waals surface area contributed by atoms with E-state index in [4.69, 9.17) is 19.7 Å². The van der Waals surface area contributed by atoms with Gasteiger partial charge in [0.15, 0.2) is 0 Å². The number of aliphatic hydroxyl groups is 1. The van der Waals surface area contributed by atoms with Crippen molar-refractivity contribution in [3.05, 3.63) is 91.5 Å². The summed E-state index contributed by atoms with van der Waals surface area (Å²) in [4.78, 5) is 28.0. The Hall–Kier alpha value is -3.65. The maximum Gasteiger partial charge on any atom is 0.305 e. The zero-order valence-electron chi connectivity index (χ0n) is 30.4. The Bertz CT molecular complexity index is 1790. The zero-order chi connectivity index (χ0) is 34.8. The molecule has 5 aliphatic heterocycles. The molecule has 49 heavy (non-hydrogen) atoms. The zero-order valence-corrected chi connectivity index (χ0v) is 31.2. The molecule has 1 fully saturated rings. The minimum atomic E-state index is -0.215. The number of ether oxygens (including phenoxy) is 1. The lowest BCUT2D eigenvalue weighted by Crippen LogP contribution is -2.16. The lowest BCUT2D eigenvalue weighted by molar-refractivity contribution is -0.140. The first-order valence-electron chi connectivity index (χ1n) is 18.3. The van der Waals surface area contributed by atoms with Gasteiger partial charge in [0.05, 0.1) is 41.3 Å². The van der Waals surface area contributed by atoms with Crippen LogP contribution in [0.2, 0.25) is 0 Å². The van der Waals surface area contributed by atoms with Gasteiger partial charge in [-0.25, -0.2) is 15.0 Å². The molecule has 8 heteroatoms. The van der Waals surface area contributed by atoms with Gasteiger partial charge in [0.1, 0.15) is 5.76 Å². The number of fused-ring (bicyclic) bond motifs is 5. The second-order valence-electron chi connectivity index (χ2n) is 14.0. The summed E-state index contributed by atoms with van der Waals surface area (Å²) < 4.78 is 5.03. The van der Waals surface area contributed by atoms with E-state index in [9.17, 15) is 9.90 Å². The molecule has 2 N–H and O–H groups in total. The third-order valence-electron chi connectivity index (χ3n) is 11.0. The van der Waals surface area contributed by atoms with Crippen LogP contribution in [0.1, 0.15) is 106 Å². The predicted octanol–water partition coefficient (Wildman–Crippen LogP) is 9.70. The molecule has 0 aromatic carbocycles. The van der Waals surface area contributed by atoms with Gasteiger partial charge in [-0.1, -0.05) is 52.9 Å². The monoisotopic (exact) mass is 680 g/mol. The van der Waals surface area contributed by atoms with E-state index in [2.05, 4.69) is 58.2 Å². The third-order valence-corrected chi connectivity index (χ3v) is 12.0.